The Balaban J connectivity index is 1.75. The molecule has 1 aliphatic rings. The summed E-state index contributed by atoms with van der Waals surface area (Å²) in [4.78, 5) is 8.12. The standard InChI is InChI=1S/C22H23F4N5O/c23-15-4-1-3-14(22(24,25)26)13(15)11-18(12-7-9-29-10-8-12)32-17-6-2-5-16-19(17)20(27)31-21(28)30-16/h1-6,12,18,29H,7-11H2,(H4,27,28,30,31). The smallest absolute Gasteiger partial charge is 0.416 e. The summed E-state index contributed by atoms with van der Waals surface area (Å²) in [5, 5.41) is 3.65. The van der Waals surface area contributed by atoms with Gasteiger partial charge in [0, 0.05) is 12.0 Å². The van der Waals surface area contributed by atoms with Crippen molar-refractivity contribution in [2.45, 2.75) is 31.5 Å². The molecule has 6 nitrogen and oxygen atoms in total. The molecule has 2 heterocycles. The molecule has 1 unspecified atom stereocenters. The van der Waals surface area contributed by atoms with Crippen molar-refractivity contribution in [2.75, 3.05) is 24.6 Å². The van der Waals surface area contributed by atoms with Gasteiger partial charge in [-0.3, -0.25) is 0 Å². The largest absolute Gasteiger partial charge is 0.489 e. The number of rotatable bonds is 5. The maximum atomic E-state index is 14.6. The molecular weight excluding hydrogens is 426 g/mol. The van der Waals surface area contributed by atoms with Gasteiger partial charge in [-0.05, 0) is 56.1 Å². The van der Waals surface area contributed by atoms with E-state index in [1.54, 1.807) is 18.2 Å². The van der Waals surface area contributed by atoms with E-state index in [-0.39, 0.29) is 24.1 Å². The first-order valence-corrected chi connectivity index (χ1v) is 10.3. The number of aromatic nitrogens is 2. The number of nitrogens with two attached hydrogens (primary N) is 2. The van der Waals surface area contributed by atoms with E-state index in [1.807, 2.05) is 0 Å². The summed E-state index contributed by atoms with van der Waals surface area (Å²) in [6.07, 6.45) is -4.25. The highest BCUT2D eigenvalue weighted by molar-refractivity contribution is 5.94. The van der Waals surface area contributed by atoms with Crippen LogP contribution in [0.25, 0.3) is 10.9 Å². The number of nitrogens with zero attached hydrogens (tertiary/aromatic N) is 2. The van der Waals surface area contributed by atoms with Gasteiger partial charge in [0.15, 0.2) is 0 Å². The van der Waals surface area contributed by atoms with Gasteiger partial charge in [0.05, 0.1) is 16.5 Å². The van der Waals surface area contributed by atoms with Crippen LogP contribution < -0.4 is 21.5 Å². The average molecular weight is 449 g/mol. The molecule has 32 heavy (non-hydrogen) atoms. The average Bonchev–Trinajstić information content (AvgIpc) is 2.74. The van der Waals surface area contributed by atoms with Crippen molar-refractivity contribution in [1.29, 1.82) is 0 Å². The fraction of sp³-hybridized carbons (Fsp3) is 0.364. The molecule has 5 N–H and O–H groups in total. The highest BCUT2D eigenvalue weighted by atomic mass is 19.4. The number of fused-ring (bicyclic) bond motifs is 1. The number of hydrogen-bond acceptors (Lipinski definition) is 6. The third-order valence-corrected chi connectivity index (χ3v) is 5.75. The zero-order chi connectivity index (χ0) is 22.9. The summed E-state index contributed by atoms with van der Waals surface area (Å²) >= 11 is 0. The zero-order valence-electron chi connectivity index (χ0n) is 17.1. The Labute approximate surface area is 182 Å². The summed E-state index contributed by atoms with van der Waals surface area (Å²) in [6, 6.07) is 8.02. The number of anilines is 2. The molecule has 1 saturated heterocycles. The lowest BCUT2D eigenvalue weighted by Crippen LogP contribution is -2.38. The van der Waals surface area contributed by atoms with Crippen molar-refractivity contribution in [3.8, 4) is 5.75 Å². The summed E-state index contributed by atoms with van der Waals surface area (Å²) in [5.41, 5.74) is 10.8. The van der Waals surface area contributed by atoms with Gasteiger partial charge in [0.2, 0.25) is 5.95 Å². The van der Waals surface area contributed by atoms with E-state index in [0.717, 1.165) is 18.2 Å². The third-order valence-electron chi connectivity index (χ3n) is 5.75. The lowest BCUT2D eigenvalue weighted by atomic mass is 9.87. The molecule has 0 saturated carbocycles. The van der Waals surface area contributed by atoms with Crippen LogP contribution in [0.4, 0.5) is 29.3 Å². The normalized spacial score (nSPS) is 16.2. The third kappa shape index (κ3) is 4.55. The summed E-state index contributed by atoms with van der Waals surface area (Å²) in [6.45, 7) is 1.40. The fourth-order valence-corrected chi connectivity index (χ4v) is 4.21. The van der Waals surface area contributed by atoms with Crippen LogP contribution >= 0.6 is 0 Å². The lowest BCUT2D eigenvalue weighted by molar-refractivity contribution is -0.138. The van der Waals surface area contributed by atoms with Gasteiger partial charge < -0.3 is 21.5 Å². The van der Waals surface area contributed by atoms with Gasteiger partial charge in [-0.25, -0.2) is 9.37 Å². The Kier molecular flexibility index (Phi) is 6.05. The SMILES string of the molecule is Nc1nc(N)c2c(OC(Cc3c(F)cccc3C(F)(F)F)C3CCNCC3)cccc2n1. The minimum Gasteiger partial charge on any atom is -0.489 e. The first-order chi connectivity index (χ1) is 15.2. The summed E-state index contributed by atoms with van der Waals surface area (Å²) < 4.78 is 61.6. The molecular formula is C22H23F4N5O. The molecule has 0 bridgehead atoms. The number of benzene rings is 2. The van der Waals surface area contributed by atoms with E-state index >= 15 is 0 Å². The Morgan fingerprint density at radius 1 is 1.06 bits per heavy atom. The Morgan fingerprint density at radius 3 is 2.50 bits per heavy atom. The highest BCUT2D eigenvalue weighted by Crippen LogP contribution is 2.37. The van der Waals surface area contributed by atoms with Gasteiger partial charge in [-0.2, -0.15) is 18.2 Å². The predicted molar refractivity (Wildman–Crippen MR) is 113 cm³/mol. The topological polar surface area (TPSA) is 99.1 Å². The first-order valence-electron chi connectivity index (χ1n) is 10.3. The molecule has 1 fully saturated rings. The Hall–Kier alpha value is -3.14. The van der Waals surface area contributed by atoms with Crippen LogP contribution in [0.1, 0.15) is 24.0 Å². The molecule has 4 rings (SSSR count). The van der Waals surface area contributed by atoms with Crippen molar-refractivity contribution >= 4 is 22.7 Å². The predicted octanol–water partition coefficient (Wildman–Crippen LogP) is 3.94. The maximum Gasteiger partial charge on any atom is 0.416 e. The number of halogens is 4. The van der Waals surface area contributed by atoms with Crippen LogP contribution in [0.15, 0.2) is 36.4 Å². The molecule has 1 aromatic heterocycles. The Bertz CT molecular complexity index is 1120. The Morgan fingerprint density at radius 2 is 1.78 bits per heavy atom. The zero-order valence-corrected chi connectivity index (χ0v) is 17.1. The van der Waals surface area contributed by atoms with Crippen molar-refractivity contribution < 1.29 is 22.3 Å². The van der Waals surface area contributed by atoms with E-state index in [9.17, 15) is 17.6 Å². The molecule has 1 aliphatic heterocycles. The number of alkyl halides is 3. The molecule has 0 amide bonds. The van der Waals surface area contributed by atoms with Crippen LogP contribution in [0.3, 0.4) is 0 Å². The second-order valence-corrected chi connectivity index (χ2v) is 7.83. The van der Waals surface area contributed by atoms with Crippen LogP contribution in [0.2, 0.25) is 0 Å². The van der Waals surface area contributed by atoms with E-state index < -0.39 is 29.2 Å². The van der Waals surface area contributed by atoms with Gasteiger partial charge in [0.1, 0.15) is 23.5 Å². The van der Waals surface area contributed by atoms with Crippen molar-refractivity contribution in [2.24, 2.45) is 5.92 Å². The monoisotopic (exact) mass is 449 g/mol. The number of ether oxygens (including phenoxy) is 1. The molecule has 10 heteroatoms. The molecule has 2 aromatic carbocycles. The molecule has 170 valence electrons. The van der Waals surface area contributed by atoms with Gasteiger partial charge in [-0.15, -0.1) is 0 Å². The van der Waals surface area contributed by atoms with Crippen molar-refractivity contribution in [3.63, 3.8) is 0 Å². The number of nitrogen functional groups attached to an aromatic ring is 2. The van der Waals surface area contributed by atoms with Gasteiger partial charge >= 0.3 is 6.18 Å². The number of hydrogen-bond donors (Lipinski definition) is 3. The second kappa shape index (κ2) is 8.78. The molecule has 3 aromatic rings. The fourth-order valence-electron chi connectivity index (χ4n) is 4.21. The molecule has 0 radical (unpaired) electrons. The second-order valence-electron chi connectivity index (χ2n) is 7.83. The van der Waals surface area contributed by atoms with Gasteiger partial charge in [0.25, 0.3) is 0 Å². The first kappa shape index (κ1) is 22.1. The minimum atomic E-state index is -4.68. The lowest BCUT2D eigenvalue weighted by Gasteiger charge is -2.32. The number of piperidine rings is 1. The van der Waals surface area contributed by atoms with E-state index in [1.165, 1.54) is 0 Å². The quantitative estimate of drug-likeness (QED) is 0.511. The molecule has 0 spiro atoms. The summed E-state index contributed by atoms with van der Waals surface area (Å²) in [5.74, 6) is -0.551. The van der Waals surface area contributed by atoms with E-state index in [0.29, 0.717) is 42.6 Å². The van der Waals surface area contributed by atoms with Crippen LogP contribution in [0, 0.1) is 11.7 Å². The van der Waals surface area contributed by atoms with Crippen LogP contribution in [-0.4, -0.2) is 29.2 Å². The van der Waals surface area contributed by atoms with Crippen LogP contribution in [0.5, 0.6) is 5.75 Å². The maximum absolute atomic E-state index is 14.6. The van der Waals surface area contributed by atoms with Crippen molar-refractivity contribution in [1.82, 2.24) is 15.3 Å². The van der Waals surface area contributed by atoms with Crippen LogP contribution in [-0.2, 0) is 12.6 Å². The molecule has 0 aliphatic carbocycles. The molecule has 1 atom stereocenters. The van der Waals surface area contributed by atoms with Crippen molar-refractivity contribution in [3.05, 3.63) is 53.3 Å². The van der Waals surface area contributed by atoms with E-state index in [4.69, 9.17) is 16.2 Å². The van der Waals surface area contributed by atoms with E-state index in [2.05, 4.69) is 15.3 Å². The van der Waals surface area contributed by atoms with Gasteiger partial charge in [-0.1, -0.05) is 12.1 Å². The number of nitrogens with one attached hydrogen (secondary N) is 1. The highest BCUT2D eigenvalue weighted by Gasteiger charge is 2.36. The summed E-state index contributed by atoms with van der Waals surface area (Å²) in [7, 11) is 0. The minimum absolute atomic E-state index is 0.00299.